The minimum absolute atomic E-state index is 0.369. The first-order valence-corrected chi connectivity index (χ1v) is 6.55. The van der Waals surface area contributed by atoms with Gasteiger partial charge in [-0.2, -0.15) is 0 Å². The minimum atomic E-state index is 0.369. The first-order chi connectivity index (χ1) is 8.83. The lowest BCUT2D eigenvalue weighted by Gasteiger charge is -2.25. The molecule has 0 amide bonds. The van der Waals surface area contributed by atoms with E-state index >= 15 is 0 Å². The summed E-state index contributed by atoms with van der Waals surface area (Å²) in [6.45, 7) is 5.51. The molecule has 0 saturated carbocycles. The number of nitrogens with one attached hydrogen (secondary N) is 2. The monoisotopic (exact) mass is 250 g/mol. The second-order valence-electron chi connectivity index (χ2n) is 4.50. The lowest BCUT2D eigenvalue weighted by atomic mass is 10.1. The van der Waals surface area contributed by atoms with Gasteiger partial charge in [-0.25, -0.2) is 0 Å². The molecular weight excluding hydrogens is 228 g/mol. The van der Waals surface area contributed by atoms with Crippen molar-refractivity contribution in [2.75, 3.05) is 38.7 Å². The summed E-state index contributed by atoms with van der Waals surface area (Å²) in [6, 6.07) is 6.65. The maximum Gasteiger partial charge on any atom is 0.141 e. The Hall–Kier alpha value is -1.26. The SMILES string of the molecule is CCc1ccc(OC)c(NCC2COCCN2)c1. The van der Waals surface area contributed by atoms with Crippen LogP contribution in [-0.2, 0) is 11.2 Å². The topological polar surface area (TPSA) is 42.5 Å². The van der Waals surface area contributed by atoms with Crippen LogP contribution in [0.5, 0.6) is 5.75 Å². The summed E-state index contributed by atoms with van der Waals surface area (Å²) in [5.74, 6) is 0.893. The van der Waals surface area contributed by atoms with Crippen molar-refractivity contribution in [2.24, 2.45) is 0 Å². The Kier molecular flexibility index (Phi) is 4.84. The summed E-state index contributed by atoms with van der Waals surface area (Å²) in [5.41, 5.74) is 2.37. The summed E-state index contributed by atoms with van der Waals surface area (Å²) in [6.07, 6.45) is 1.03. The highest BCUT2D eigenvalue weighted by Gasteiger charge is 2.13. The average Bonchev–Trinajstić information content (AvgIpc) is 2.45. The van der Waals surface area contributed by atoms with E-state index in [0.717, 1.165) is 44.2 Å². The fraction of sp³-hybridized carbons (Fsp3) is 0.571. The van der Waals surface area contributed by atoms with Gasteiger partial charge in [0.1, 0.15) is 5.75 Å². The first kappa shape index (κ1) is 13.2. The number of aryl methyl sites for hydroxylation is 1. The predicted octanol–water partition coefficient (Wildman–Crippen LogP) is 1.66. The molecule has 18 heavy (non-hydrogen) atoms. The molecule has 0 aliphatic carbocycles. The molecule has 0 aromatic heterocycles. The van der Waals surface area contributed by atoms with Gasteiger partial charge in [0.2, 0.25) is 0 Å². The maximum atomic E-state index is 5.44. The summed E-state index contributed by atoms with van der Waals surface area (Å²) < 4.78 is 10.8. The quantitative estimate of drug-likeness (QED) is 0.834. The van der Waals surface area contributed by atoms with Crippen LogP contribution in [0.4, 0.5) is 5.69 Å². The molecule has 2 rings (SSSR count). The van der Waals surface area contributed by atoms with Crippen molar-refractivity contribution < 1.29 is 9.47 Å². The number of hydrogen-bond acceptors (Lipinski definition) is 4. The van der Waals surface area contributed by atoms with Crippen LogP contribution < -0.4 is 15.4 Å². The minimum Gasteiger partial charge on any atom is -0.495 e. The van der Waals surface area contributed by atoms with E-state index in [9.17, 15) is 0 Å². The van der Waals surface area contributed by atoms with Crippen molar-refractivity contribution in [1.29, 1.82) is 0 Å². The van der Waals surface area contributed by atoms with Crippen LogP contribution >= 0.6 is 0 Å². The molecule has 0 radical (unpaired) electrons. The fourth-order valence-corrected chi connectivity index (χ4v) is 2.10. The molecule has 2 N–H and O–H groups in total. The van der Waals surface area contributed by atoms with Crippen LogP contribution in [0.25, 0.3) is 0 Å². The van der Waals surface area contributed by atoms with Crippen molar-refractivity contribution in [3.05, 3.63) is 23.8 Å². The largest absolute Gasteiger partial charge is 0.495 e. The summed E-state index contributed by atoms with van der Waals surface area (Å²) in [5, 5.41) is 6.87. The number of ether oxygens (including phenoxy) is 2. The van der Waals surface area contributed by atoms with Crippen molar-refractivity contribution >= 4 is 5.69 Å². The number of anilines is 1. The number of rotatable bonds is 5. The molecule has 1 saturated heterocycles. The maximum absolute atomic E-state index is 5.44. The fourth-order valence-electron chi connectivity index (χ4n) is 2.10. The second-order valence-corrected chi connectivity index (χ2v) is 4.50. The molecule has 1 fully saturated rings. The van der Waals surface area contributed by atoms with Crippen LogP contribution in [0, 0.1) is 0 Å². The van der Waals surface area contributed by atoms with E-state index in [4.69, 9.17) is 9.47 Å². The highest BCUT2D eigenvalue weighted by Crippen LogP contribution is 2.25. The standard InChI is InChI=1S/C14H22N2O2/c1-3-11-4-5-14(17-2)13(8-11)16-9-12-10-18-7-6-15-12/h4-5,8,12,15-16H,3,6-7,9-10H2,1-2H3. The van der Waals surface area contributed by atoms with Crippen LogP contribution in [-0.4, -0.2) is 39.5 Å². The Morgan fingerprint density at radius 3 is 3.06 bits per heavy atom. The third-order valence-electron chi connectivity index (χ3n) is 3.21. The molecule has 1 aromatic rings. The van der Waals surface area contributed by atoms with Gasteiger partial charge in [-0.15, -0.1) is 0 Å². The number of hydrogen-bond donors (Lipinski definition) is 2. The third-order valence-corrected chi connectivity index (χ3v) is 3.21. The normalized spacial score (nSPS) is 19.6. The highest BCUT2D eigenvalue weighted by atomic mass is 16.5. The van der Waals surface area contributed by atoms with E-state index in [1.165, 1.54) is 5.56 Å². The van der Waals surface area contributed by atoms with E-state index in [2.05, 4.69) is 29.7 Å². The third kappa shape index (κ3) is 3.37. The van der Waals surface area contributed by atoms with Crippen molar-refractivity contribution in [3.63, 3.8) is 0 Å². The van der Waals surface area contributed by atoms with Gasteiger partial charge < -0.3 is 20.1 Å². The summed E-state index contributed by atoms with van der Waals surface area (Å²) in [4.78, 5) is 0. The molecule has 100 valence electrons. The molecule has 4 heteroatoms. The zero-order chi connectivity index (χ0) is 12.8. The van der Waals surface area contributed by atoms with Gasteiger partial charge in [-0.1, -0.05) is 13.0 Å². The number of benzene rings is 1. The van der Waals surface area contributed by atoms with E-state index in [1.807, 2.05) is 6.07 Å². The molecule has 0 spiro atoms. The lowest BCUT2D eigenvalue weighted by molar-refractivity contribution is 0.0806. The molecule has 1 aliphatic heterocycles. The average molecular weight is 250 g/mol. The molecule has 0 bridgehead atoms. The van der Waals surface area contributed by atoms with Gasteiger partial charge >= 0.3 is 0 Å². The van der Waals surface area contributed by atoms with Crippen LogP contribution in [0.3, 0.4) is 0 Å². The Morgan fingerprint density at radius 1 is 1.50 bits per heavy atom. The van der Waals surface area contributed by atoms with Gasteiger partial charge in [0.25, 0.3) is 0 Å². The van der Waals surface area contributed by atoms with E-state index < -0.39 is 0 Å². The smallest absolute Gasteiger partial charge is 0.141 e. The van der Waals surface area contributed by atoms with Crippen LogP contribution in [0.15, 0.2) is 18.2 Å². The molecule has 1 aromatic carbocycles. The Labute approximate surface area is 109 Å². The number of morpholine rings is 1. The van der Waals surface area contributed by atoms with Gasteiger partial charge in [0.15, 0.2) is 0 Å². The van der Waals surface area contributed by atoms with Gasteiger partial charge in [-0.05, 0) is 24.1 Å². The van der Waals surface area contributed by atoms with Gasteiger partial charge in [-0.3, -0.25) is 0 Å². The predicted molar refractivity (Wildman–Crippen MR) is 73.5 cm³/mol. The number of methoxy groups -OCH3 is 1. The van der Waals surface area contributed by atoms with Crippen LogP contribution in [0.2, 0.25) is 0 Å². The molecule has 1 unspecified atom stereocenters. The van der Waals surface area contributed by atoms with Crippen molar-refractivity contribution in [1.82, 2.24) is 5.32 Å². The lowest BCUT2D eigenvalue weighted by Crippen LogP contribution is -2.45. The van der Waals surface area contributed by atoms with E-state index in [-0.39, 0.29) is 0 Å². The summed E-state index contributed by atoms with van der Waals surface area (Å²) >= 11 is 0. The van der Waals surface area contributed by atoms with Crippen molar-refractivity contribution in [3.8, 4) is 5.75 Å². The van der Waals surface area contributed by atoms with Gasteiger partial charge in [0, 0.05) is 19.1 Å². The second kappa shape index (κ2) is 6.61. The Bertz CT molecular complexity index is 376. The Morgan fingerprint density at radius 2 is 2.39 bits per heavy atom. The molecule has 1 aliphatic rings. The summed E-state index contributed by atoms with van der Waals surface area (Å²) in [7, 11) is 1.70. The highest BCUT2D eigenvalue weighted by molar-refractivity contribution is 5.58. The Balaban J connectivity index is 1.97. The molecule has 1 heterocycles. The molecule has 4 nitrogen and oxygen atoms in total. The zero-order valence-corrected chi connectivity index (χ0v) is 11.2. The van der Waals surface area contributed by atoms with Crippen LogP contribution in [0.1, 0.15) is 12.5 Å². The van der Waals surface area contributed by atoms with E-state index in [0.29, 0.717) is 6.04 Å². The zero-order valence-electron chi connectivity index (χ0n) is 11.2. The molecule has 1 atom stereocenters. The van der Waals surface area contributed by atoms with E-state index in [1.54, 1.807) is 7.11 Å². The van der Waals surface area contributed by atoms with Crippen molar-refractivity contribution in [2.45, 2.75) is 19.4 Å². The molecular formula is C14H22N2O2. The first-order valence-electron chi connectivity index (χ1n) is 6.55. The van der Waals surface area contributed by atoms with Gasteiger partial charge in [0.05, 0.1) is 26.0 Å².